The summed E-state index contributed by atoms with van der Waals surface area (Å²) in [5.41, 5.74) is 2.62. The highest BCUT2D eigenvalue weighted by molar-refractivity contribution is 5.83. The van der Waals surface area contributed by atoms with Gasteiger partial charge in [-0.25, -0.2) is 8.78 Å². The number of nitrogens with one attached hydrogen (secondary N) is 2. The molecule has 30 heavy (non-hydrogen) atoms. The molecular weight excluding hydrogens is 386 g/mol. The van der Waals surface area contributed by atoms with Crippen molar-refractivity contribution in [1.29, 1.82) is 0 Å². The van der Waals surface area contributed by atoms with Crippen LogP contribution in [0, 0.1) is 17.6 Å². The molecule has 0 aromatic heterocycles. The van der Waals surface area contributed by atoms with Gasteiger partial charge >= 0.3 is 0 Å². The van der Waals surface area contributed by atoms with Gasteiger partial charge in [-0.3, -0.25) is 4.79 Å². The van der Waals surface area contributed by atoms with Crippen molar-refractivity contribution in [2.45, 2.75) is 44.2 Å². The molecule has 2 N–H and O–H groups in total. The van der Waals surface area contributed by atoms with Gasteiger partial charge in [-0.2, -0.15) is 0 Å². The lowest BCUT2D eigenvalue weighted by atomic mass is 9.97. The molecule has 6 heteroatoms. The summed E-state index contributed by atoms with van der Waals surface area (Å²) in [4.78, 5) is 12.9. The third-order valence-corrected chi connectivity index (χ3v) is 6.35. The van der Waals surface area contributed by atoms with E-state index >= 15 is 0 Å². The van der Waals surface area contributed by atoms with Crippen LogP contribution < -0.4 is 10.6 Å². The predicted octanol–water partition coefficient (Wildman–Crippen LogP) is 3.87. The maximum absolute atomic E-state index is 14.2. The lowest BCUT2D eigenvalue weighted by Crippen LogP contribution is -2.45. The minimum atomic E-state index is -0.703. The fourth-order valence-corrected chi connectivity index (χ4v) is 4.53. The van der Waals surface area contributed by atoms with Crippen LogP contribution in [0.3, 0.4) is 0 Å². The molecule has 3 atom stereocenters. The maximum Gasteiger partial charge on any atom is 0.227 e. The Morgan fingerprint density at radius 1 is 1.17 bits per heavy atom. The molecule has 0 saturated carbocycles. The van der Waals surface area contributed by atoms with Crippen molar-refractivity contribution < 1.29 is 18.3 Å². The van der Waals surface area contributed by atoms with Gasteiger partial charge in [0.2, 0.25) is 5.91 Å². The molecule has 1 heterocycles. The summed E-state index contributed by atoms with van der Waals surface area (Å²) in [5.74, 6) is -1.73. The Kier molecular flexibility index (Phi) is 6.44. The molecule has 4 rings (SSSR count). The van der Waals surface area contributed by atoms with E-state index in [-0.39, 0.29) is 23.6 Å². The molecule has 1 aliphatic carbocycles. The van der Waals surface area contributed by atoms with E-state index in [0.29, 0.717) is 5.92 Å². The highest BCUT2D eigenvalue weighted by Gasteiger charge is 2.34. The largest absolute Gasteiger partial charge is 0.381 e. The standard InChI is InChI=1S/C24H28F2N2O2/c1-15(19-7-6-18(25)13-21(19)26)24(29)28-22-12-17-4-2-3-5-20(17)23(22)27-14-16-8-10-30-11-9-16/h2-7,13,15-16,22-23,27H,8-12,14H2,1H3,(H,28,29)/t15?,22-,23-/m0/s1. The summed E-state index contributed by atoms with van der Waals surface area (Å²) in [6.45, 7) is 4.12. The van der Waals surface area contributed by atoms with E-state index in [4.69, 9.17) is 4.74 Å². The minimum Gasteiger partial charge on any atom is -0.381 e. The molecule has 2 aromatic rings. The first-order valence-electron chi connectivity index (χ1n) is 10.7. The van der Waals surface area contributed by atoms with E-state index in [1.54, 1.807) is 6.92 Å². The second kappa shape index (κ2) is 9.23. The van der Waals surface area contributed by atoms with Crippen molar-refractivity contribution in [3.8, 4) is 0 Å². The lowest BCUT2D eigenvalue weighted by molar-refractivity contribution is -0.123. The van der Waals surface area contributed by atoms with Crippen LogP contribution in [0.4, 0.5) is 8.78 Å². The topological polar surface area (TPSA) is 50.4 Å². The summed E-state index contributed by atoms with van der Waals surface area (Å²) in [6, 6.07) is 11.5. The number of rotatable bonds is 6. The van der Waals surface area contributed by atoms with Crippen molar-refractivity contribution in [2.24, 2.45) is 5.92 Å². The second-order valence-corrected chi connectivity index (χ2v) is 8.35. The number of hydrogen-bond acceptors (Lipinski definition) is 3. The lowest BCUT2D eigenvalue weighted by Gasteiger charge is -2.28. The van der Waals surface area contributed by atoms with E-state index in [2.05, 4.69) is 22.8 Å². The van der Waals surface area contributed by atoms with Gasteiger partial charge in [0.1, 0.15) is 11.6 Å². The molecule has 1 fully saturated rings. The van der Waals surface area contributed by atoms with Crippen LogP contribution in [0.15, 0.2) is 42.5 Å². The summed E-state index contributed by atoms with van der Waals surface area (Å²) in [6.07, 6.45) is 2.81. The maximum atomic E-state index is 14.2. The van der Waals surface area contributed by atoms with Crippen molar-refractivity contribution in [1.82, 2.24) is 10.6 Å². The first-order chi connectivity index (χ1) is 14.5. The molecule has 4 nitrogen and oxygen atoms in total. The average Bonchev–Trinajstić information content (AvgIpc) is 3.09. The van der Waals surface area contributed by atoms with Crippen LogP contribution in [0.2, 0.25) is 0 Å². The monoisotopic (exact) mass is 414 g/mol. The van der Waals surface area contributed by atoms with Crippen molar-refractivity contribution in [3.05, 3.63) is 70.8 Å². The molecule has 1 saturated heterocycles. The van der Waals surface area contributed by atoms with Gasteiger partial charge in [-0.15, -0.1) is 0 Å². The zero-order valence-electron chi connectivity index (χ0n) is 17.2. The molecular formula is C24H28F2N2O2. The van der Waals surface area contributed by atoms with Crippen LogP contribution in [0.25, 0.3) is 0 Å². The molecule has 0 bridgehead atoms. The van der Waals surface area contributed by atoms with E-state index in [0.717, 1.165) is 45.1 Å². The number of benzene rings is 2. The van der Waals surface area contributed by atoms with Crippen molar-refractivity contribution >= 4 is 5.91 Å². The second-order valence-electron chi connectivity index (χ2n) is 8.35. The Labute approximate surface area is 176 Å². The summed E-state index contributed by atoms with van der Waals surface area (Å²) < 4.78 is 32.8. The average molecular weight is 414 g/mol. The molecule has 1 aliphatic heterocycles. The number of carbonyl (C=O) groups excluding carboxylic acids is 1. The Balaban J connectivity index is 1.46. The summed E-state index contributed by atoms with van der Waals surface area (Å²) >= 11 is 0. The molecule has 1 unspecified atom stereocenters. The summed E-state index contributed by atoms with van der Waals surface area (Å²) in [7, 11) is 0. The van der Waals surface area contributed by atoms with E-state index < -0.39 is 17.6 Å². The highest BCUT2D eigenvalue weighted by Crippen LogP contribution is 2.32. The molecule has 160 valence electrons. The fourth-order valence-electron chi connectivity index (χ4n) is 4.53. The van der Waals surface area contributed by atoms with Crippen LogP contribution in [-0.4, -0.2) is 31.7 Å². The number of halogens is 2. The first-order valence-corrected chi connectivity index (χ1v) is 10.7. The Bertz CT molecular complexity index is 899. The van der Waals surface area contributed by atoms with Crippen LogP contribution >= 0.6 is 0 Å². The van der Waals surface area contributed by atoms with Gasteiger partial charge in [0.25, 0.3) is 0 Å². The number of carbonyl (C=O) groups is 1. The van der Waals surface area contributed by atoms with Gasteiger partial charge in [-0.1, -0.05) is 30.3 Å². The molecule has 2 aliphatic rings. The fraction of sp³-hybridized carbons (Fsp3) is 0.458. The van der Waals surface area contributed by atoms with Crippen LogP contribution in [0.5, 0.6) is 0 Å². The predicted molar refractivity (Wildman–Crippen MR) is 111 cm³/mol. The van der Waals surface area contributed by atoms with E-state index in [1.165, 1.54) is 23.3 Å². The molecule has 0 spiro atoms. The first kappa shape index (κ1) is 20.9. The Morgan fingerprint density at radius 3 is 2.70 bits per heavy atom. The van der Waals surface area contributed by atoms with Crippen LogP contribution in [-0.2, 0) is 16.0 Å². The normalized spacial score (nSPS) is 22.5. The molecule has 1 amide bonds. The number of fused-ring (bicyclic) bond motifs is 1. The van der Waals surface area contributed by atoms with Gasteiger partial charge in [0.15, 0.2) is 0 Å². The number of hydrogen-bond donors (Lipinski definition) is 2. The molecule has 2 aromatic carbocycles. The quantitative estimate of drug-likeness (QED) is 0.755. The van der Waals surface area contributed by atoms with E-state index in [1.807, 2.05) is 12.1 Å². The van der Waals surface area contributed by atoms with Crippen molar-refractivity contribution in [3.63, 3.8) is 0 Å². The Hall–Kier alpha value is -2.31. The minimum absolute atomic E-state index is 0.0123. The number of amides is 1. The van der Waals surface area contributed by atoms with Gasteiger partial charge in [0.05, 0.1) is 18.0 Å². The van der Waals surface area contributed by atoms with Gasteiger partial charge in [0, 0.05) is 24.8 Å². The Morgan fingerprint density at radius 2 is 1.93 bits per heavy atom. The smallest absolute Gasteiger partial charge is 0.227 e. The zero-order chi connectivity index (χ0) is 21.1. The summed E-state index contributed by atoms with van der Waals surface area (Å²) in [5, 5.41) is 6.78. The van der Waals surface area contributed by atoms with Crippen molar-refractivity contribution in [2.75, 3.05) is 19.8 Å². The van der Waals surface area contributed by atoms with Gasteiger partial charge < -0.3 is 15.4 Å². The van der Waals surface area contributed by atoms with Crippen LogP contribution in [0.1, 0.15) is 48.4 Å². The van der Waals surface area contributed by atoms with Gasteiger partial charge in [-0.05, 0) is 55.8 Å². The SMILES string of the molecule is CC(C(=O)N[C@H]1Cc2ccccc2[C@@H]1NCC1CCOCC1)c1ccc(F)cc1F. The third kappa shape index (κ3) is 4.55. The zero-order valence-corrected chi connectivity index (χ0v) is 17.2. The molecule has 0 radical (unpaired) electrons. The highest BCUT2D eigenvalue weighted by atomic mass is 19.1. The third-order valence-electron chi connectivity index (χ3n) is 6.35. The van der Waals surface area contributed by atoms with E-state index in [9.17, 15) is 13.6 Å². The number of ether oxygens (including phenoxy) is 1.